The van der Waals surface area contributed by atoms with Crippen LogP contribution in [0, 0.1) is 17.7 Å². The lowest BCUT2D eigenvalue weighted by Gasteiger charge is -2.38. The van der Waals surface area contributed by atoms with Crippen molar-refractivity contribution >= 4 is 17.7 Å². The molecule has 2 bridgehead atoms. The van der Waals surface area contributed by atoms with Crippen LogP contribution in [-0.4, -0.2) is 71.8 Å². The number of rotatable bonds is 5. The van der Waals surface area contributed by atoms with Gasteiger partial charge in [-0.25, -0.2) is 4.39 Å². The van der Waals surface area contributed by atoms with Crippen LogP contribution in [0.15, 0.2) is 60.7 Å². The Labute approximate surface area is 223 Å². The molecule has 2 aliphatic heterocycles. The highest BCUT2D eigenvalue weighted by atomic mass is 19.1. The highest BCUT2D eigenvalue weighted by molar-refractivity contribution is 5.96. The molecule has 4 rings (SSSR count). The summed E-state index contributed by atoms with van der Waals surface area (Å²) in [5.41, 5.74) is 0.951. The maximum Gasteiger partial charge on any atom is 0.254 e. The molecule has 7 nitrogen and oxygen atoms in total. The molecule has 0 radical (unpaired) electrons. The Morgan fingerprint density at radius 2 is 1.87 bits per heavy atom. The largest absolute Gasteiger partial charge is 0.489 e. The normalized spacial score (nSPS) is 20.8. The Hall–Kier alpha value is -3.68. The van der Waals surface area contributed by atoms with Crippen LogP contribution in [0.5, 0.6) is 5.75 Å². The van der Waals surface area contributed by atoms with Gasteiger partial charge in [-0.1, -0.05) is 36.4 Å². The van der Waals surface area contributed by atoms with Gasteiger partial charge in [0.2, 0.25) is 11.8 Å². The Bertz CT molecular complexity index is 1180. The molecule has 1 fully saturated rings. The van der Waals surface area contributed by atoms with E-state index in [0.717, 1.165) is 5.56 Å². The number of hydrogen-bond acceptors (Lipinski definition) is 4. The molecule has 202 valence electrons. The van der Waals surface area contributed by atoms with Crippen LogP contribution in [0.4, 0.5) is 4.39 Å². The average Bonchev–Trinajstić information content (AvgIpc) is 2.92. The van der Waals surface area contributed by atoms with Crippen LogP contribution in [0.3, 0.4) is 0 Å². The number of amides is 3. The fourth-order valence-electron chi connectivity index (χ4n) is 5.27. The molecule has 1 saturated heterocycles. The summed E-state index contributed by atoms with van der Waals surface area (Å²) in [7, 11) is 0. The summed E-state index contributed by atoms with van der Waals surface area (Å²) in [6, 6.07) is 12.9. The predicted octanol–water partition coefficient (Wildman–Crippen LogP) is 4.14. The summed E-state index contributed by atoms with van der Waals surface area (Å²) in [6.07, 6.45) is 5.16. The minimum atomic E-state index is -0.507. The number of carbonyl (C=O) groups is 3. The number of piperidine rings is 1. The van der Waals surface area contributed by atoms with Crippen LogP contribution >= 0.6 is 0 Å². The first-order valence-corrected chi connectivity index (χ1v) is 13.4. The number of fused-ring (bicyclic) bond motifs is 3. The third-order valence-electron chi connectivity index (χ3n) is 7.45. The van der Waals surface area contributed by atoms with Gasteiger partial charge in [0, 0.05) is 43.7 Å². The zero-order chi connectivity index (χ0) is 27.1. The van der Waals surface area contributed by atoms with Gasteiger partial charge in [-0.2, -0.15) is 0 Å². The van der Waals surface area contributed by atoms with Crippen molar-refractivity contribution < 1.29 is 23.5 Å². The van der Waals surface area contributed by atoms with Crippen LogP contribution in [-0.2, 0) is 16.1 Å². The van der Waals surface area contributed by atoms with E-state index < -0.39 is 11.7 Å². The smallest absolute Gasteiger partial charge is 0.254 e. The van der Waals surface area contributed by atoms with Crippen LogP contribution < -0.4 is 4.74 Å². The van der Waals surface area contributed by atoms with Crippen molar-refractivity contribution in [3.8, 4) is 5.75 Å². The molecule has 2 aliphatic rings. The zero-order valence-electron chi connectivity index (χ0n) is 22.1. The number of benzene rings is 2. The summed E-state index contributed by atoms with van der Waals surface area (Å²) in [6.45, 7) is 6.65. The van der Waals surface area contributed by atoms with E-state index in [4.69, 9.17) is 4.74 Å². The number of carbonyl (C=O) groups excluding carboxylic acids is 3. The summed E-state index contributed by atoms with van der Waals surface area (Å²) in [4.78, 5) is 44.9. The monoisotopic (exact) mass is 521 g/mol. The van der Waals surface area contributed by atoms with Gasteiger partial charge in [0.05, 0.1) is 6.54 Å². The summed E-state index contributed by atoms with van der Waals surface area (Å²) in [5.74, 6) is -0.223. The van der Waals surface area contributed by atoms with Crippen molar-refractivity contribution in [3.05, 3.63) is 77.6 Å². The van der Waals surface area contributed by atoms with Crippen molar-refractivity contribution in [2.45, 2.75) is 33.2 Å². The molecular weight excluding hydrogens is 485 g/mol. The van der Waals surface area contributed by atoms with E-state index in [9.17, 15) is 18.8 Å². The first-order chi connectivity index (χ1) is 18.4. The van der Waals surface area contributed by atoms with Crippen LogP contribution in [0.25, 0.3) is 0 Å². The lowest BCUT2D eigenvalue weighted by molar-refractivity contribution is -0.135. The van der Waals surface area contributed by atoms with Crippen molar-refractivity contribution in [3.63, 3.8) is 0 Å². The number of halogens is 1. The molecular formula is C30H36FN3O4. The SMILES string of the molecule is CCN(CC)C(=O)C[C@@H]1CCN2C[C@@H]1/C=C\COc1ccccc1CN(C(=O)c1cccc(F)c1)CC2=O. The first-order valence-electron chi connectivity index (χ1n) is 13.4. The molecule has 2 atom stereocenters. The lowest BCUT2D eigenvalue weighted by Crippen LogP contribution is -2.48. The Morgan fingerprint density at radius 3 is 2.63 bits per heavy atom. The van der Waals surface area contributed by atoms with Crippen molar-refractivity contribution in [1.82, 2.24) is 14.7 Å². The van der Waals surface area contributed by atoms with Crippen molar-refractivity contribution in [1.29, 1.82) is 0 Å². The maximum absolute atomic E-state index is 13.9. The molecule has 0 aromatic heterocycles. The maximum atomic E-state index is 13.9. The molecule has 2 heterocycles. The van der Waals surface area contributed by atoms with E-state index >= 15 is 0 Å². The molecule has 0 aliphatic carbocycles. The lowest BCUT2D eigenvalue weighted by atomic mass is 9.82. The zero-order valence-corrected chi connectivity index (χ0v) is 22.1. The molecule has 0 unspecified atom stereocenters. The van der Waals surface area contributed by atoms with E-state index in [2.05, 4.69) is 6.08 Å². The Morgan fingerprint density at radius 1 is 1.08 bits per heavy atom. The molecule has 0 N–H and O–H groups in total. The highest BCUT2D eigenvalue weighted by Gasteiger charge is 2.33. The number of para-hydroxylation sites is 1. The molecule has 2 aromatic rings. The van der Waals surface area contributed by atoms with E-state index in [0.29, 0.717) is 51.4 Å². The quantitative estimate of drug-likeness (QED) is 0.555. The second-order valence-electron chi connectivity index (χ2n) is 9.84. The third-order valence-corrected chi connectivity index (χ3v) is 7.45. The van der Waals surface area contributed by atoms with E-state index in [1.54, 1.807) is 11.0 Å². The number of hydrogen-bond donors (Lipinski definition) is 0. The topological polar surface area (TPSA) is 70.2 Å². The van der Waals surface area contributed by atoms with Gasteiger partial charge in [-0.3, -0.25) is 14.4 Å². The van der Waals surface area contributed by atoms with Gasteiger partial charge in [0.25, 0.3) is 5.91 Å². The standard InChI is InChI=1S/C30H36FN3O4/c1-3-32(4-2)28(35)18-22-14-15-33-19-24(22)11-8-16-38-27-13-6-5-9-25(27)20-34(21-29(33)36)30(37)23-10-7-12-26(31)17-23/h5-13,17,22,24H,3-4,14-16,18-21H2,1-2H3/b11-8-/t22-,24-/m0/s1. The van der Waals surface area contributed by atoms with E-state index in [1.165, 1.54) is 23.1 Å². The minimum Gasteiger partial charge on any atom is -0.489 e. The number of nitrogens with zero attached hydrogens (tertiary/aromatic N) is 3. The first kappa shape index (κ1) is 27.4. The highest BCUT2D eigenvalue weighted by Crippen LogP contribution is 2.30. The van der Waals surface area contributed by atoms with Crippen LogP contribution in [0.1, 0.15) is 42.6 Å². The second-order valence-corrected chi connectivity index (χ2v) is 9.84. The van der Waals surface area contributed by atoms with Crippen LogP contribution in [0.2, 0.25) is 0 Å². The Balaban J connectivity index is 1.61. The third kappa shape index (κ3) is 6.60. The number of ether oxygens (including phenoxy) is 1. The fourth-order valence-corrected chi connectivity index (χ4v) is 5.27. The fraction of sp³-hybridized carbons (Fsp3) is 0.433. The second kappa shape index (κ2) is 12.7. The Kier molecular flexibility index (Phi) is 9.15. The predicted molar refractivity (Wildman–Crippen MR) is 143 cm³/mol. The molecule has 3 amide bonds. The van der Waals surface area contributed by atoms with Gasteiger partial charge in [-0.15, -0.1) is 0 Å². The van der Waals surface area contributed by atoms with Gasteiger partial charge in [-0.05, 0) is 56.4 Å². The van der Waals surface area contributed by atoms with Gasteiger partial charge in [0.1, 0.15) is 24.7 Å². The molecule has 8 heteroatoms. The minimum absolute atomic E-state index is 0.000759. The van der Waals surface area contributed by atoms with Gasteiger partial charge >= 0.3 is 0 Å². The van der Waals surface area contributed by atoms with Gasteiger partial charge < -0.3 is 19.4 Å². The molecule has 2 aromatic carbocycles. The summed E-state index contributed by atoms with van der Waals surface area (Å²) < 4.78 is 20.0. The van der Waals surface area contributed by atoms with Crippen molar-refractivity contribution in [2.24, 2.45) is 11.8 Å². The van der Waals surface area contributed by atoms with E-state index in [1.807, 2.05) is 49.1 Å². The van der Waals surface area contributed by atoms with E-state index in [-0.39, 0.29) is 42.3 Å². The molecule has 38 heavy (non-hydrogen) atoms. The summed E-state index contributed by atoms with van der Waals surface area (Å²) in [5, 5.41) is 0. The van der Waals surface area contributed by atoms with Crippen molar-refractivity contribution in [2.75, 3.05) is 39.3 Å². The molecule has 0 spiro atoms. The van der Waals surface area contributed by atoms with Gasteiger partial charge in [0.15, 0.2) is 0 Å². The average molecular weight is 522 g/mol. The summed E-state index contributed by atoms with van der Waals surface area (Å²) >= 11 is 0. The molecule has 0 saturated carbocycles.